The summed E-state index contributed by atoms with van der Waals surface area (Å²) < 4.78 is 0. The molecule has 0 bridgehead atoms. The van der Waals surface area contributed by atoms with E-state index in [1.807, 2.05) is 0 Å². The molecule has 1 aliphatic heterocycles. The Balaban J connectivity index is 1.98. The van der Waals surface area contributed by atoms with Crippen molar-refractivity contribution in [3.63, 3.8) is 0 Å². The summed E-state index contributed by atoms with van der Waals surface area (Å²) in [5, 5.41) is 8.25. The molecule has 0 amide bonds. The van der Waals surface area contributed by atoms with E-state index in [-0.39, 0.29) is 0 Å². The summed E-state index contributed by atoms with van der Waals surface area (Å²) in [7, 11) is 0. The Morgan fingerprint density at radius 1 is 1.33 bits per heavy atom. The van der Waals surface area contributed by atoms with Crippen LogP contribution in [-0.4, -0.2) is 29.6 Å². The molecule has 9 heavy (non-hydrogen) atoms. The number of aliphatic hydroxyl groups excluding tert-OH is 1. The van der Waals surface area contributed by atoms with Gasteiger partial charge < -0.3 is 10.0 Å². The van der Waals surface area contributed by atoms with Crippen molar-refractivity contribution in [2.45, 2.75) is 19.3 Å². The molecule has 0 spiro atoms. The van der Waals surface area contributed by atoms with E-state index < -0.39 is 0 Å². The smallest absolute Gasteiger partial charge is 0.129 e. The Kier molecular flexibility index (Phi) is 3.01. The van der Waals surface area contributed by atoms with Gasteiger partial charge in [0.1, 0.15) is 6.61 Å². The maximum Gasteiger partial charge on any atom is 0.129 e. The molecule has 1 rings (SSSR count). The van der Waals surface area contributed by atoms with Crippen LogP contribution in [0.1, 0.15) is 19.3 Å². The monoisotopic (exact) mass is 127 g/mol. The van der Waals surface area contributed by atoms with Crippen molar-refractivity contribution >= 4 is 0 Å². The number of rotatable bonds is 3. The minimum Gasteiger partial charge on any atom is -0.384 e. The van der Waals surface area contributed by atoms with Crippen LogP contribution in [0.5, 0.6) is 0 Å². The number of nitrogens with zero attached hydrogens (tertiary/aromatic N) is 1. The quantitative estimate of drug-likeness (QED) is 0.608. The molecule has 2 nitrogen and oxygen atoms in total. The average molecular weight is 127 g/mol. The lowest BCUT2D eigenvalue weighted by atomic mass is 10.4. The van der Waals surface area contributed by atoms with Gasteiger partial charge in [-0.2, -0.15) is 0 Å². The molecular weight excluding hydrogens is 114 g/mol. The number of hydrogen-bond acceptors (Lipinski definition) is 2. The molecule has 0 aromatic rings. The fraction of sp³-hybridized carbons (Fsp3) is 0.857. The minimum atomic E-state index is 0.694. The van der Waals surface area contributed by atoms with Crippen molar-refractivity contribution < 1.29 is 5.11 Å². The topological polar surface area (TPSA) is 23.5 Å². The molecule has 2 heteroatoms. The highest BCUT2D eigenvalue weighted by Gasteiger charge is 2.09. The van der Waals surface area contributed by atoms with Crippen molar-refractivity contribution in [3.05, 3.63) is 6.61 Å². The van der Waals surface area contributed by atoms with Crippen molar-refractivity contribution in [2.75, 3.05) is 19.6 Å². The first-order valence-electron chi connectivity index (χ1n) is 3.53. The molecule has 0 aliphatic carbocycles. The van der Waals surface area contributed by atoms with Gasteiger partial charge in [0, 0.05) is 6.54 Å². The third-order valence-electron chi connectivity index (χ3n) is 1.74. The van der Waals surface area contributed by atoms with E-state index in [4.69, 9.17) is 5.11 Å². The molecule has 1 fully saturated rings. The zero-order valence-electron chi connectivity index (χ0n) is 5.64. The predicted octanol–water partition coefficient (Wildman–Crippen LogP) is 0.884. The van der Waals surface area contributed by atoms with E-state index in [1.54, 1.807) is 0 Å². The zero-order chi connectivity index (χ0) is 6.53. The van der Waals surface area contributed by atoms with Crippen LogP contribution in [0.15, 0.2) is 0 Å². The Hall–Kier alpha value is -0.0800. The maximum absolute atomic E-state index is 8.25. The first kappa shape index (κ1) is 7.03. The summed E-state index contributed by atoms with van der Waals surface area (Å²) in [4.78, 5) is 2.35. The Bertz CT molecular complexity index is 69.3. The molecule has 2 radical (unpaired) electrons. The molecule has 0 atom stereocenters. The van der Waals surface area contributed by atoms with Crippen LogP contribution in [0.3, 0.4) is 0 Å². The molecule has 0 aromatic heterocycles. The van der Waals surface area contributed by atoms with Crippen molar-refractivity contribution in [1.29, 1.82) is 0 Å². The molecule has 0 unspecified atom stereocenters. The van der Waals surface area contributed by atoms with E-state index >= 15 is 0 Å². The first-order chi connectivity index (χ1) is 4.43. The number of likely N-dealkylation sites (tertiary alicyclic amines) is 1. The summed E-state index contributed by atoms with van der Waals surface area (Å²) in [6.07, 6.45) is 3.34. The lowest BCUT2D eigenvalue weighted by molar-refractivity contribution is 0.300. The largest absolute Gasteiger partial charge is 0.384 e. The van der Waals surface area contributed by atoms with Gasteiger partial charge in [0.15, 0.2) is 0 Å². The summed E-state index contributed by atoms with van der Waals surface area (Å²) in [5.41, 5.74) is 0. The SMILES string of the molecule is O[C]CCN1CCCC1. The van der Waals surface area contributed by atoms with Gasteiger partial charge in [-0.3, -0.25) is 0 Å². The van der Waals surface area contributed by atoms with E-state index in [0.29, 0.717) is 6.42 Å². The van der Waals surface area contributed by atoms with Gasteiger partial charge in [0.25, 0.3) is 0 Å². The van der Waals surface area contributed by atoms with Crippen LogP contribution in [-0.2, 0) is 0 Å². The van der Waals surface area contributed by atoms with E-state index in [9.17, 15) is 0 Å². The highest BCUT2D eigenvalue weighted by Crippen LogP contribution is 2.07. The van der Waals surface area contributed by atoms with Gasteiger partial charge >= 0.3 is 0 Å². The highest BCUT2D eigenvalue weighted by atomic mass is 16.3. The van der Waals surface area contributed by atoms with Crippen LogP contribution in [0, 0.1) is 6.61 Å². The summed E-state index contributed by atoms with van der Waals surface area (Å²) in [6.45, 7) is 5.56. The fourth-order valence-corrected chi connectivity index (χ4v) is 1.21. The molecule has 0 saturated carbocycles. The second-order valence-electron chi connectivity index (χ2n) is 2.46. The van der Waals surface area contributed by atoms with Gasteiger partial charge in [-0.25, -0.2) is 0 Å². The van der Waals surface area contributed by atoms with Gasteiger partial charge in [0.2, 0.25) is 0 Å². The highest BCUT2D eigenvalue weighted by molar-refractivity contribution is 4.66. The Morgan fingerprint density at radius 3 is 2.56 bits per heavy atom. The Morgan fingerprint density at radius 2 is 2.00 bits per heavy atom. The summed E-state index contributed by atoms with van der Waals surface area (Å²) in [6, 6.07) is 0. The van der Waals surface area contributed by atoms with Gasteiger partial charge in [-0.1, -0.05) is 0 Å². The van der Waals surface area contributed by atoms with E-state index in [2.05, 4.69) is 11.5 Å². The first-order valence-corrected chi connectivity index (χ1v) is 3.53. The van der Waals surface area contributed by atoms with Crippen LogP contribution >= 0.6 is 0 Å². The van der Waals surface area contributed by atoms with Crippen molar-refractivity contribution in [1.82, 2.24) is 4.90 Å². The summed E-state index contributed by atoms with van der Waals surface area (Å²) in [5.74, 6) is 0. The predicted molar refractivity (Wildman–Crippen MR) is 35.5 cm³/mol. The molecule has 52 valence electrons. The number of aliphatic hydroxyl groups is 1. The fourth-order valence-electron chi connectivity index (χ4n) is 1.21. The van der Waals surface area contributed by atoms with Gasteiger partial charge in [0.05, 0.1) is 0 Å². The second-order valence-corrected chi connectivity index (χ2v) is 2.46. The van der Waals surface area contributed by atoms with Crippen LogP contribution < -0.4 is 0 Å². The minimum absolute atomic E-state index is 0.694. The number of hydrogen-bond donors (Lipinski definition) is 1. The van der Waals surface area contributed by atoms with Gasteiger partial charge in [-0.05, 0) is 32.4 Å². The van der Waals surface area contributed by atoms with Gasteiger partial charge in [-0.15, -0.1) is 0 Å². The standard InChI is InChI=1S/C7H13NO/c9-7-3-6-8-4-1-2-5-8/h9H,1-6H2. The third-order valence-corrected chi connectivity index (χ3v) is 1.74. The third kappa shape index (κ3) is 2.33. The normalized spacial score (nSPS) is 21.0. The molecular formula is C7H13NO. The van der Waals surface area contributed by atoms with Crippen LogP contribution in [0.25, 0.3) is 0 Å². The molecule has 1 aliphatic rings. The zero-order valence-corrected chi connectivity index (χ0v) is 5.64. The second kappa shape index (κ2) is 3.85. The molecule has 1 saturated heterocycles. The summed E-state index contributed by atoms with van der Waals surface area (Å²) >= 11 is 0. The average Bonchev–Trinajstić information content (AvgIpc) is 2.34. The lowest BCUT2D eigenvalue weighted by Gasteiger charge is -2.11. The van der Waals surface area contributed by atoms with Crippen molar-refractivity contribution in [3.8, 4) is 0 Å². The maximum atomic E-state index is 8.25. The molecule has 0 aromatic carbocycles. The Labute approximate surface area is 56.5 Å². The van der Waals surface area contributed by atoms with Crippen LogP contribution in [0.4, 0.5) is 0 Å². The molecule has 1 N–H and O–H groups in total. The molecule has 1 heterocycles. The van der Waals surface area contributed by atoms with E-state index in [1.165, 1.54) is 25.9 Å². The lowest BCUT2D eigenvalue weighted by Crippen LogP contribution is -2.20. The van der Waals surface area contributed by atoms with Crippen molar-refractivity contribution in [2.24, 2.45) is 0 Å². The van der Waals surface area contributed by atoms with E-state index in [0.717, 1.165) is 6.54 Å². The van der Waals surface area contributed by atoms with Crippen LogP contribution in [0.2, 0.25) is 0 Å².